The van der Waals surface area contributed by atoms with E-state index in [-0.39, 0.29) is 5.91 Å². The third kappa shape index (κ3) is 2.50. The van der Waals surface area contributed by atoms with Crippen LogP contribution >= 0.6 is 0 Å². The molecule has 63 valence electrons. The Bertz CT molecular complexity index is 147. The van der Waals surface area contributed by atoms with Gasteiger partial charge in [0.2, 0.25) is 5.91 Å². The van der Waals surface area contributed by atoms with E-state index in [1.807, 2.05) is 0 Å². The molecule has 1 heterocycles. The molecule has 11 heavy (non-hydrogen) atoms. The van der Waals surface area contributed by atoms with Crippen LogP contribution in [0.1, 0.15) is 26.2 Å². The minimum Gasteiger partial charge on any atom is -0.387 e. The fraction of sp³-hybridized carbons (Fsp3) is 0.750. The van der Waals surface area contributed by atoms with Crippen molar-refractivity contribution in [2.75, 3.05) is 13.1 Å². The number of likely N-dealkylation sites (tertiary alicyclic amines) is 1. The van der Waals surface area contributed by atoms with E-state index < -0.39 is 0 Å². The summed E-state index contributed by atoms with van der Waals surface area (Å²) < 4.78 is 0. The molecule has 0 aromatic heterocycles. The van der Waals surface area contributed by atoms with Gasteiger partial charge in [0.15, 0.2) is 0 Å². The van der Waals surface area contributed by atoms with Crippen molar-refractivity contribution in [3.8, 4) is 0 Å². The summed E-state index contributed by atoms with van der Waals surface area (Å²) in [6, 6.07) is 0. The molecule has 1 aliphatic rings. The largest absolute Gasteiger partial charge is 0.387 e. The van der Waals surface area contributed by atoms with E-state index in [4.69, 9.17) is 5.11 Å². The lowest BCUT2D eigenvalue weighted by atomic mass is 10.2. The van der Waals surface area contributed by atoms with Crippen LogP contribution in [-0.2, 0) is 4.79 Å². The highest BCUT2D eigenvalue weighted by atomic mass is 16.3. The highest BCUT2D eigenvalue weighted by Crippen LogP contribution is 2.15. The number of carbonyl (C=O) groups excluding carboxylic acids is 1. The van der Waals surface area contributed by atoms with Gasteiger partial charge in [0.25, 0.3) is 0 Å². The van der Waals surface area contributed by atoms with Gasteiger partial charge in [-0.2, -0.15) is 0 Å². The summed E-state index contributed by atoms with van der Waals surface area (Å²) in [6.07, 6.45) is 2.84. The van der Waals surface area contributed by atoms with E-state index >= 15 is 0 Å². The molecule has 1 rings (SSSR count). The summed E-state index contributed by atoms with van der Waals surface area (Å²) >= 11 is 0. The SMILES string of the molecule is CC(=O)N1CCC[C](O)CC1. The molecule has 0 aromatic rings. The Hall–Kier alpha value is -0.570. The minimum absolute atomic E-state index is 0.111. The van der Waals surface area contributed by atoms with E-state index in [0.717, 1.165) is 19.4 Å². The summed E-state index contributed by atoms with van der Waals surface area (Å²) in [5.41, 5.74) is 0. The summed E-state index contributed by atoms with van der Waals surface area (Å²) in [5.74, 6) is 0.111. The van der Waals surface area contributed by atoms with Crippen molar-refractivity contribution >= 4 is 5.91 Å². The predicted octanol–water partition coefficient (Wildman–Crippen LogP) is 0.923. The smallest absolute Gasteiger partial charge is 0.219 e. The third-order valence-electron chi connectivity index (χ3n) is 2.01. The first-order chi connectivity index (χ1) is 5.20. The molecule has 0 atom stereocenters. The molecule has 3 nitrogen and oxygen atoms in total. The van der Waals surface area contributed by atoms with Gasteiger partial charge in [-0.1, -0.05) is 0 Å². The van der Waals surface area contributed by atoms with Crippen LogP contribution in [0, 0.1) is 6.10 Å². The summed E-state index contributed by atoms with van der Waals surface area (Å²) in [6.45, 7) is 3.04. The van der Waals surface area contributed by atoms with Gasteiger partial charge in [0.05, 0.1) is 6.10 Å². The van der Waals surface area contributed by atoms with Crippen LogP contribution in [0.5, 0.6) is 0 Å². The van der Waals surface area contributed by atoms with E-state index in [1.54, 1.807) is 11.8 Å². The minimum atomic E-state index is 0.111. The van der Waals surface area contributed by atoms with Crippen molar-refractivity contribution < 1.29 is 9.90 Å². The van der Waals surface area contributed by atoms with Crippen LogP contribution in [0.4, 0.5) is 0 Å². The summed E-state index contributed by atoms with van der Waals surface area (Å²) in [4.78, 5) is 12.7. The van der Waals surface area contributed by atoms with Crippen LogP contribution in [0.15, 0.2) is 0 Å². The van der Waals surface area contributed by atoms with Crippen molar-refractivity contribution in [1.29, 1.82) is 0 Å². The molecule has 0 unspecified atom stereocenters. The predicted molar refractivity (Wildman–Crippen MR) is 41.3 cm³/mol. The number of rotatable bonds is 0. The Morgan fingerprint density at radius 2 is 2.18 bits per heavy atom. The second kappa shape index (κ2) is 3.72. The molecule has 0 aromatic carbocycles. The van der Waals surface area contributed by atoms with Crippen LogP contribution in [0.25, 0.3) is 0 Å². The van der Waals surface area contributed by atoms with Crippen molar-refractivity contribution in [1.82, 2.24) is 4.90 Å². The first kappa shape index (κ1) is 8.53. The Balaban J connectivity index is 2.40. The van der Waals surface area contributed by atoms with Crippen molar-refractivity contribution in [3.05, 3.63) is 6.10 Å². The van der Waals surface area contributed by atoms with Crippen molar-refractivity contribution in [2.45, 2.75) is 26.2 Å². The Morgan fingerprint density at radius 3 is 2.82 bits per heavy atom. The van der Waals surface area contributed by atoms with Gasteiger partial charge in [-0.3, -0.25) is 4.79 Å². The monoisotopic (exact) mass is 156 g/mol. The van der Waals surface area contributed by atoms with Gasteiger partial charge < -0.3 is 10.0 Å². The maximum atomic E-state index is 10.9. The second-order valence-corrected chi connectivity index (χ2v) is 2.93. The van der Waals surface area contributed by atoms with Crippen LogP contribution in [-0.4, -0.2) is 29.0 Å². The number of aliphatic hydroxyl groups is 1. The quantitative estimate of drug-likeness (QED) is 0.566. The van der Waals surface area contributed by atoms with Crippen molar-refractivity contribution in [2.24, 2.45) is 0 Å². The average Bonchev–Trinajstić information content (AvgIpc) is 2.13. The number of amides is 1. The Morgan fingerprint density at radius 1 is 1.45 bits per heavy atom. The lowest BCUT2D eigenvalue weighted by molar-refractivity contribution is -0.128. The maximum Gasteiger partial charge on any atom is 0.219 e. The molecule has 1 N–H and O–H groups in total. The third-order valence-corrected chi connectivity index (χ3v) is 2.01. The molecule has 0 bridgehead atoms. The number of aliphatic hydroxyl groups excluding tert-OH is 1. The number of nitrogens with zero attached hydrogens (tertiary/aromatic N) is 1. The van der Waals surface area contributed by atoms with E-state index in [0.29, 0.717) is 19.1 Å². The molecule has 1 aliphatic heterocycles. The zero-order valence-corrected chi connectivity index (χ0v) is 6.84. The molecule has 1 radical (unpaired) electrons. The van der Waals surface area contributed by atoms with Crippen LogP contribution in [0.2, 0.25) is 0 Å². The standard InChI is InChI=1S/C8H14NO2/c1-7(10)9-5-2-3-8(11)4-6-9/h11H,2-6H2,1H3. The zero-order chi connectivity index (χ0) is 8.27. The van der Waals surface area contributed by atoms with Crippen LogP contribution in [0.3, 0.4) is 0 Å². The lowest BCUT2D eigenvalue weighted by Crippen LogP contribution is -2.29. The molecule has 0 spiro atoms. The number of hydrogen-bond donors (Lipinski definition) is 1. The number of hydrogen-bond acceptors (Lipinski definition) is 2. The Labute approximate surface area is 67.0 Å². The zero-order valence-electron chi connectivity index (χ0n) is 6.84. The highest BCUT2D eigenvalue weighted by molar-refractivity contribution is 5.73. The highest BCUT2D eigenvalue weighted by Gasteiger charge is 2.16. The average molecular weight is 156 g/mol. The summed E-state index contributed by atoms with van der Waals surface area (Å²) in [7, 11) is 0. The molecular weight excluding hydrogens is 142 g/mol. The van der Waals surface area contributed by atoms with Gasteiger partial charge in [-0.15, -0.1) is 0 Å². The molecule has 1 saturated heterocycles. The second-order valence-electron chi connectivity index (χ2n) is 2.93. The van der Waals surface area contributed by atoms with Gasteiger partial charge >= 0.3 is 0 Å². The molecular formula is C8H14NO2. The fourth-order valence-corrected chi connectivity index (χ4v) is 1.29. The van der Waals surface area contributed by atoms with Gasteiger partial charge in [-0.25, -0.2) is 0 Å². The lowest BCUT2D eigenvalue weighted by Gasteiger charge is -2.17. The van der Waals surface area contributed by atoms with Gasteiger partial charge in [0.1, 0.15) is 0 Å². The topological polar surface area (TPSA) is 40.5 Å². The van der Waals surface area contributed by atoms with Gasteiger partial charge in [0, 0.05) is 20.0 Å². The van der Waals surface area contributed by atoms with E-state index in [1.165, 1.54) is 0 Å². The first-order valence-corrected chi connectivity index (χ1v) is 3.99. The molecule has 3 heteroatoms. The fourth-order valence-electron chi connectivity index (χ4n) is 1.29. The van der Waals surface area contributed by atoms with Crippen LogP contribution < -0.4 is 0 Å². The van der Waals surface area contributed by atoms with E-state index in [9.17, 15) is 4.79 Å². The summed E-state index contributed by atoms with van der Waals surface area (Å²) in [5, 5.41) is 9.17. The first-order valence-electron chi connectivity index (χ1n) is 3.99. The van der Waals surface area contributed by atoms with Gasteiger partial charge in [-0.05, 0) is 19.3 Å². The van der Waals surface area contributed by atoms with E-state index in [2.05, 4.69) is 0 Å². The Kier molecular flexibility index (Phi) is 2.88. The number of carbonyl (C=O) groups is 1. The molecule has 0 aliphatic carbocycles. The molecule has 1 amide bonds. The maximum absolute atomic E-state index is 10.9. The normalized spacial score (nSPS) is 21.5. The van der Waals surface area contributed by atoms with Crippen molar-refractivity contribution in [3.63, 3.8) is 0 Å². The molecule has 0 saturated carbocycles. The molecule has 1 fully saturated rings.